The van der Waals surface area contributed by atoms with Crippen LogP contribution < -0.4 is 0 Å². The van der Waals surface area contributed by atoms with Crippen molar-refractivity contribution in [1.29, 1.82) is 0 Å². The molecule has 0 aliphatic carbocycles. The van der Waals surface area contributed by atoms with Crippen LogP contribution in [0.4, 0.5) is 4.39 Å². The van der Waals surface area contributed by atoms with Crippen LogP contribution in [-0.2, 0) is 20.0 Å². The van der Waals surface area contributed by atoms with E-state index in [4.69, 9.17) is 0 Å². The van der Waals surface area contributed by atoms with Gasteiger partial charge in [0.15, 0.2) is 0 Å². The molecule has 1 fully saturated rings. The van der Waals surface area contributed by atoms with Gasteiger partial charge in [-0.2, -0.15) is 0 Å². The summed E-state index contributed by atoms with van der Waals surface area (Å²) in [6, 6.07) is 7.00. The number of imidazole rings is 1. The zero-order chi connectivity index (χ0) is 15.4. The molecule has 3 rings (SSSR count). The van der Waals surface area contributed by atoms with Gasteiger partial charge in [0, 0.05) is 26.0 Å². The first-order chi connectivity index (χ1) is 10.7. The van der Waals surface area contributed by atoms with Gasteiger partial charge in [-0.05, 0) is 55.8 Å². The molecule has 0 amide bonds. The minimum Gasteiger partial charge on any atom is -0.337 e. The lowest BCUT2D eigenvalue weighted by Crippen LogP contribution is -2.35. The molecule has 2 heterocycles. The number of aryl methyl sites for hydroxylation is 2. The number of piperidine rings is 1. The number of hydrogen-bond donors (Lipinski definition) is 0. The van der Waals surface area contributed by atoms with Gasteiger partial charge < -0.3 is 4.57 Å². The van der Waals surface area contributed by atoms with E-state index < -0.39 is 0 Å². The van der Waals surface area contributed by atoms with Crippen molar-refractivity contribution in [2.75, 3.05) is 13.1 Å². The van der Waals surface area contributed by atoms with Gasteiger partial charge in [-0.1, -0.05) is 12.1 Å². The van der Waals surface area contributed by atoms with E-state index in [1.54, 1.807) is 12.1 Å². The van der Waals surface area contributed by atoms with Crippen LogP contribution >= 0.6 is 0 Å². The molecule has 1 aromatic heterocycles. The molecule has 0 bridgehead atoms. The molecule has 22 heavy (non-hydrogen) atoms. The Hall–Kier alpha value is -1.68. The highest BCUT2D eigenvalue weighted by Crippen LogP contribution is 2.22. The highest BCUT2D eigenvalue weighted by Gasteiger charge is 2.20. The van der Waals surface area contributed by atoms with Gasteiger partial charge >= 0.3 is 0 Å². The fourth-order valence-corrected chi connectivity index (χ4v) is 3.34. The maximum absolute atomic E-state index is 13.2. The summed E-state index contributed by atoms with van der Waals surface area (Å²) < 4.78 is 15.3. The molecule has 4 heteroatoms. The van der Waals surface area contributed by atoms with Crippen LogP contribution in [-0.4, -0.2) is 27.5 Å². The molecule has 1 aliphatic heterocycles. The Balaban J connectivity index is 1.51. The van der Waals surface area contributed by atoms with Crippen molar-refractivity contribution in [3.8, 4) is 0 Å². The molecule has 2 aromatic rings. The summed E-state index contributed by atoms with van der Waals surface area (Å²) in [5, 5.41) is 0. The summed E-state index contributed by atoms with van der Waals surface area (Å²) in [6.45, 7) is 3.21. The fourth-order valence-electron chi connectivity index (χ4n) is 3.34. The molecule has 1 saturated heterocycles. The Morgan fingerprint density at radius 3 is 3.05 bits per heavy atom. The summed E-state index contributed by atoms with van der Waals surface area (Å²) in [5.74, 6) is 1.71. The topological polar surface area (TPSA) is 21.1 Å². The molecular weight excluding hydrogens is 277 g/mol. The Morgan fingerprint density at radius 2 is 2.27 bits per heavy atom. The quantitative estimate of drug-likeness (QED) is 0.844. The average molecular weight is 301 g/mol. The van der Waals surface area contributed by atoms with Gasteiger partial charge in [0.25, 0.3) is 0 Å². The number of nitrogens with zero attached hydrogens (tertiary/aromatic N) is 3. The van der Waals surface area contributed by atoms with Crippen LogP contribution in [0.5, 0.6) is 0 Å². The predicted octanol–water partition coefficient (Wildman–Crippen LogP) is 3.40. The summed E-state index contributed by atoms with van der Waals surface area (Å²) >= 11 is 0. The van der Waals surface area contributed by atoms with E-state index in [1.165, 1.54) is 18.9 Å². The summed E-state index contributed by atoms with van der Waals surface area (Å²) in [4.78, 5) is 6.92. The zero-order valence-corrected chi connectivity index (χ0v) is 13.2. The molecule has 1 atom stereocenters. The SMILES string of the molecule is Cn1ccnc1CN1CCC[C@H](CCc2cccc(F)c2)C1. The lowest BCUT2D eigenvalue weighted by Gasteiger charge is -2.32. The van der Waals surface area contributed by atoms with E-state index in [2.05, 4.69) is 14.5 Å². The van der Waals surface area contributed by atoms with Gasteiger partial charge in [-0.15, -0.1) is 0 Å². The Labute approximate surface area is 131 Å². The second-order valence-corrected chi connectivity index (χ2v) is 6.37. The van der Waals surface area contributed by atoms with E-state index >= 15 is 0 Å². The predicted molar refractivity (Wildman–Crippen MR) is 85.9 cm³/mol. The minimum absolute atomic E-state index is 0.127. The zero-order valence-electron chi connectivity index (χ0n) is 13.2. The number of halogens is 1. The number of hydrogen-bond acceptors (Lipinski definition) is 2. The number of rotatable bonds is 5. The lowest BCUT2D eigenvalue weighted by molar-refractivity contribution is 0.157. The summed E-state index contributed by atoms with van der Waals surface area (Å²) in [7, 11) is 2.05. The van der Waals surface area contributed by atoms with Crippen molar-refractivity contribution in [2.24, 2.45) is 13.0 Å². The number of aromatic nitrogens is 2. The molecule has 0 saturated carbocycles. The molecule has 0 radical (unpaired) electrons. The van der Waals surface area contributed by atoms with Gasteiger partial charge in [-0.25, -0.2) is 9.37 Å². The smallest absolute Gasteiger partial charge is 0.123 e. The van der Waals surface area contributed by atoms with Gasteiger partial charge in [0.1, 0.15) is 11.6 Å². The molecule has 0 unspecified atom stereocenters. The average Bonchev–Trinajstić information content (AvgIpc) is 2.91. The van der Waals surface area contributed by atoms with E-state index in [0.29, 0.717) is 5.92 Å². The number of likely N-dealkylation sites (tertiary alicyclic amines) is 1. The molecule has 1 aromatic carbocycles. The third-order valence-corrected chi connectivity index (χ3v) is 4.62. The maximum atomic E-state index is 13.2. The Kier molecular flexibility index (Phi) is 4.88. The summed E-state index contributed by atoms with van der Waals surface area (Å²) in [6.07, 6.45) is 8.51. The highest BCUT2D eigenvalue weighted by atomic mass is 19.1. The second kappa shape index (κ2) is 7.05. The van der Waals surface area contributed by atoms with Crippen LogP contribution in [0.2, 0.25) is 0 Å². The van der Waals surface area contributed by atoms with Crippen LogP contribution in [0.1, 0.15) is 30.7 Å². The monoisotopic (exact) mass is 301 g/mol. The van der Waals surface area contributed by atoms with Crippen molar-refractivity contribution in [3.63, 3.8) is 0 Å². The number of benzene rings is 1. The van der Waals surface area contributed by atoms with E-state index in [9.17, 15) is 4.39 Å². The first kappa shape index (κ1) is 15.2. The van der Waals surface area contributed by atoms with Crippen molar-refractivity contribution in [2.45, 2.75) is 32.2 Å². The van der Waals surface area contributed by atoms with Crippen LogP contribution in [0.25, 0.3) is 0 Å². The molecule has 1 aliphatic rings. The van der Waals surface area contributed by atoms with Gasteiger partial charge in [-0.3, -0.25) is 4.90 Å². The van der Waals surface area contributed by atoms with E-state index in [0.717, 1.165) is 43.9 Å². The standard InChI is InChI=1S/C18H24FN3/c1-21-11-9-20-18(21)14-22-10-3-5-16(13-22)8-7-15-4-2-6-17(19)12-15/h2,4,6,9,11-12,16H,3,5,7-8,10,13-14H2,1H3/t16-/m1/s1. The third kappa shape index (κ3) is 3.95. The van der Waals surface area contributed by atoms with E-state index in [1.807, 2.05) is 25.5 Å². The maximum Gasteiger partial charge on any atom is 0.123 e. The first-order valence-electron chi connectivity index (χ1n) is 8.14. The molecule has 3 nitrogen and oxygen atoms in total. The molecular formula is C18H24FN3. The minimum atomic E-state index is -0.127. The van der Waals surface area contributed by atoms with Crippen molar-refractivity contribution in [1.82, 2.24) is 14.5 Å². The Morgan fingerprint density at radius 1 is 1.36 bits per heavy atom. The van der Waals surface area contributed by atoms with E-state index in [-0.39, 0.29) is 5.82 Å². The van der Waals surface area contributed by atoms with Crippen molar-refractivity contribution >= 4 is 0 Å². The van der Waals surface area contributed by atoms with Gasteiger partial charge in [0.2, 0.25) is 0 Å². The Bertz CT molecular complexity index is 608. The fraction of sp³-hybridized carbons (Fsp3) is 0.500. The first-order valence-corrected chi connectivity index (χ1v) is 8.14. The highest BCUT2D eigenvalue weighted by molar-refractivity contribution is 5.16. The molecule has 118 valence electrons. The van der Waals surface area contributed by atoms with Gasteiger partial charge in [0.05, 0.1) is 6.54 Å². The molecule has 0 spiro atoms. The normalized spacial score (nSPS) is 19.5. The largest absolute Gasteiger partial charge is 0.337 e. The van der Waals surface area contributed by atoms with Crippen LogP contribution in [0.3, 0.4) is 0 Å². The summed E-state index contributed by atoms with van der Waals surface area (Å²) in [5.41, 5.74) is 1.11. The lowest BCUT2D eigenvalue weighted by atomic mass is 9.91. The van der Waals surface area contributed by atoms with Crippen LogP contribution in [0.15, 0.2) is 36.7 Å². The second-order valence-electron chi connectivity index (χ2n) is 6.37. The van der Waals surface area contributed by atoms with Crippen molar-refractivity contribution < 1.29 is 4.39 Å². The third-order valence-electron chi connectivity index (χ3n) is 4.62. The van der Waals surface area contributed by atoms with Crippen molar-refractivity contribution in [3.05, 3.63) is 53.9 Å². The van der Waals surface area contributed by atoms with Crippen LogP contribution in [0, 0.1) is 11.7 Å². The molecule has 0 N–H and O–H groups in total.